The lowest BCUT2D eigenvalue weighted by atomic mass is 9.90. The van der Waals surface area contributed by atoms with E-state index in [1.807, 2.05) is 0 Å². The molecule has 1 aromatic rings. The molecule has 21 heavy (non-hydrogen) atoms. The lowest BCUT2D eigenvalue weighted by Gasteiger charge is -2.21. The number of thioether (sulfide) groups is 1. The second-order valence-electron chi connectivity index (χ2n) is 6.74. The molecule has 4 heteroatoms. The monoisotopic (exact) mass is 301 g/mol. The molecule has 1 N–H and O–H groups in total. The molecule has 0 atom stereocenters. The average Bonchev–Trinajstić information content (AvgIpc) is 2.46. The Hall–Kier alpha value is -1.29. The minimum atomic E-state index is -0.0613. The molecule has 0 radical (unpaired) electrons. The summed E-state index contributed by atoms with van der Waals surface area (Å²) < 4.78 is 0. The SMILES string of the molecule is CC(C)(C)N=C1NN=C(c2ccc3c(c2)CCCC3)CS1. The fourth-order valence-electron chi connectivity index (χ4n) is 2.74. The maximum Gasteiger partial charge on any atom is 0.178 e. The predicted octanol–water partition coefficient (Wildman–Crippen LogP) is 3.76. The molecule has 0 amide bonds. The van der Waals surface area contributed by atoms with Gasteiger partial charge in [0.25, 0.3) is 0 Å². The van der Waals surface area contributed by atoms with Crippen molar-refractivity contribution in [2.75, 3.05) is 5.75 Å². The summed E-state index contributed by atoms with van der Waals surface area (Å²) in [5, 5.41) is 5.45. The number of fused-ring (bicyclic) bond motifs is 1. The van der Waals surface area contributed by atoms with Gasteiger partial charge < -0.3 is 0 Å². The summed E-state index contributed by atoms with van der Waals surface area (Å²) in [5.41, 5.74) is 8.46. The number of hydrogen-bond acceptors (Lipinski definition) is 3. The van der Waals surface area contributed by atoms with E-state index in [4.69, 9.17) is 0 Å². The Balaban J connectivity index is 1.78. The van der Waals surface area contributed by atoms with Crippen LogP contribution >= 0.6 is 11.8 Å². The normalized spacial score (nSPS) is 20.7. The van der Waals surface area contributed by atoms with Gasteiger partial charge in [-0.25, -0.2) is 0 Å². The van der Waals surface area contributed by atoms with E-state index in [0.717, 1.165) is 16.6 Å². The molecule has 112 valence electrons. The number of aliphatic imine (C=N–C) groups is 1. The van der Waals surface area contributed by atoms with Crippen LogP contribution in [0.4, 0.5) is 0 Å². The van der Waals surface area contributed by atoms with Gasteiger partial charge in [0, 0.05) is 5.75 Å². The van der Waals surface area contributed by atoms with Crippen LogP contribution in [-0.4, -0.2) is 22.2 Å². The number of nitrogens with one attached hydrogen (secondary N) is 1. The van der Waals surface area contributed by atoms with Crippen LogP contribution in [0.3, 0.4) is 0 Å². The Bertz CT molecular complexity index is 597. The van der Waals surface area contributed by atoms with Gasteiger partial charge in [-0.05, 0) is 69.2 Å². The molecule has 2 aliphatic rings. The molecular formula is C17H23N3S. The fourth-order valence-corrected chi connectivity index (χ4v) is 3.69. The van der Waals surface area contributed by atoms with Crippen molar-refractivity contribution in [2.45, 2.75) is 52.0 Å². The molecule has 1 aliphatic carbocycles. The lowest BCUT2D eigenvalue weighted by molar-refractivity contribution is 0.582. The summed E-state index contributed by atoms with van der Waals surface area (Å²) in [4.78, 5) is 4.63. The van der Waals surface area contributed by atoms with Crippen molar-refractivity contribution in [3.8, 4) is 0 Å². The third-order valence-electron chi connectivity index (χ3n) is 3.75. The molecule has 0 aromatic heterocycles. The van der Waals surface area contributed by atoms with Crippen molar-refractivity contribution in [3.05, 3.63) is 34.9 Å². The molecule has 0 fully saturated rings. The van der Waals surface area contributed by atoms with Crippen LogP contribution < -0.4 is 5.43 Å². The number of hydrazone groups is 1. The van der Waals surface area contributed by atoms with Crippen LogP contribution in [0.2, 0.25) is 0 Å². The van der Waals surface area contributed by atoms with Crippen LogP contribution in [-0.2, 0) is 12.8 Å². The molecule has 1 heterocycles. The molecule has 1 aromatic carbocycles. The van der Waals surface area contributed by atoms with Crippen molar-refractivity contribution < 1.29 is 0 Å². The number of benzene rings is 1. The molecule has 0 unspecified atom stereocenters. The minimum absolute atomic E-state index is 0.0613. The van der Waals surface area contributed by atoms with Gasteiger partial charge in [0.1, 0.15) is 0 Å². The molecule has 3 rings (SSSR count). The molecule has 3 nitrogen and oxygen atoms in total. The van der Waals surface area contributed by atoms with Crippen molar-refractivity contribution in [2.24, 2.45) is 10.1 Å². The largest absolute Gasteiger partial charge is 0.256 e. The van der Waals surface area contributed by atoms with Gasteiger partial charge >= 0.3 is 0 Å². The maximum atomic E-state index is 4.63. The molecule has 0 saturated carbocycles. The van der Waals surface area contributed by atoms with Gasteiger partial charge in [-0.15, -0.1) is 0 Å². The summed E-state index contributed by atoms with van der Waals surface area (Å²) in [5.74, 6) is 0.890. The minimum Gasteiger partial charge on any atom is -0.256 e. The van der Waals surface area contributed by atoms with E-state index in [1.165, 1.54) is 42.4 Å². The maximum absolute atomic E-state index is 4.63. The highest BCUT2D eigenvalue weighted by molar-refractivity contribution is 8.14. The van der Waals surface area contributed by atoms with Crippen LogP contribution in [0, 0.1) is 0 Å². The van der Waals surface area contributed by atoms with Gasteiger partial charge in [-0.1, -0.05) is 23.9 Å². The zero-order valence-corrected chi connectivity index (χ0v) is 13.9. The Morgan fingerprint density at radius 1 is 1.14 bits per heavy atom. The van der Waals surface area contributed by atoms with Crippen LogP contribution in [0.25, 0.3) is 0 Å². The first kappa shape index (κ1) is 14.6. The van der Waals surface area contributed by atoms with Gasteiger partial charge in [0.15, 0.2) is 5.17 Å². The average molecular weight is 301 g/mol. The molecule has 0 bridgehead atoms. The van der Waals surface area contributed by atoms with E-state index in [1.54, 1.807) is 11.8 Å². The first-order chi connectivity index (χ1) is 10.0. The zero-order valence-electron chi connectivity index (χ0n) is 13.1. The molecule has 1 aliphatic heterocycles. The highest BCUT2D eigenvalue weighted by atomic mass is 32.2. The van der Waals surface area contributed by atoms with E-state index >= 15 is 0 Å². The van der Waals surface area contributed by atoms with Gasteiger partial charge in [0.05, 0.1) is 11.3 Å². The Morgan fingerprint density at radius 3 is 2.57 bits per heavy atom. The van der Waals surface area contributed by atoms with Gasteiger partial charge in [-0.3, -0.25) is 10.4 Å². The lowest BCUT2D eigenvalue weighted by Crippen LogP contribution is -2.28. The first-order valence-corrected chi connectivity index (χ1v) is 8.67. The number of rotatable bonds is 1. The Kier molecular flexibility index (Phi) is 4.07. The number of nitrogens with zero attached hydrogens (tertiary/aromatic N) is 2. The van der Waals surface area contributed by atoms with Gasteiger partial charge in [0.2, 0.25) is 0 Å². The van der Waals surface area contributed by atoms with Crippen molar-refractivity contribution in [3.63, 3.8) is 0 Å². The van der Waals surface area contributed by atoms with E-state index < -0.39 is 0 Å². The van der Waals surface area contributed by atoms with E-state index in [0.29, 0.717) is 0 Å². The summed E-state index contributed by atoms with van der Waals surface area (Å²) in [7, 11) is 0. The van der Waals surface area contributed by atoms with Crippen LogP contribution in [0.15, 0.2) is 28.3 Å². The third kappa shape index (κ3) is 3.67. The summed E-state index contributed by atoms with van der Waals surface area (Å²) in [6.45, 7) is 6.31. The second kappa shape index (κ2) is 5.84. The molecule has 0 spiro atoms. The van der Waals surface area contributed by atoms with Crippen LogP contribution in [0.5, 0.6) is 0 Å². The zero-order chi connectivity index (χ0) is 14.9. The quantitative estimate of drug-likeness (QED) is 0.857. The second-order valence-corrected chi connectivity index (χ2v) is 7.70. The van der Waals surface area contributed by atoms with E-state index in [-0.39, 0.29) is 5.54 Å². The van der Waals surface area contributed by atoms with Crippen LogP contribution in [0.1, 0.15) is 50.3 Å². The van der Waals surface area contributed by atoms with E-state index in [2.05, 4.69) is 54.5 Å². The van der Waals surface area contributed by atoms with Crippen molar-refractivity contribution >= 4 is 22.6 Å². The first-order valence-electron chi connectivity index (χ1n) is 7.69. The summed E-state index contributed by atoms with van der Waals surface area (Å²) in [6, 6.07) is 6.84. The highest BCUT2D eigenvalue weighted by Gasteiger charge is 2.17. The smallest absolute Gasteiger partial charge is 0.178 e. The topological polar surface area (TPSA) is 36.8 Å². The molecular weight excluding hydrogens is 278 g/mol. The van der Waals surface area contributed by atoms with Gasteiger partial charge in [-0.2, -0.15) is 5.10 Å². The number of amidine groups is 1. The predicted molar refractivity (Wildman–Crippen MR) is 92.4 cm³/mol. The van der Waals surface area contributed by atoms with Crippen molar-refractivity contribution in [1.82, 2.24) is 5.43 Å². The third-order valence-corrected chi connectivity index (χ3v) is 4.62. The number of hydrogen-bond donors (Lipinski definition) is 1. The standard InChI is InChI=1S/C17H23N3S/c1-17(2,3)18-16-20-19-15(11-21-16)14-9-8-12-6-4-5-7-13(12)10-14/h8-10H,4-7,11H2,1-3H3,(H,18,20). The number of aryl methyl sites for hydroxylation is 2. The summed E-state index contributed by atoms with van der Waals surface area (Å²) >= 11 is 1.74. The summed E-state index contributed by atoms with van der Waals surface area (Å²) in [6.07, 6.45) is 5.10. The van der Waals surface area contributed by atoms with E-state index in [9.17, 15) is 0 Å². The van der Waals surface area contributed by atoms with Crippen molar-refractivity contribution in [1.29, 1.82) is 0 Å². The Labute approximate surface area is 131 Å². The molecule has 0 saturated heterocycles. The highest BCUT2D eigenvalue weighted by Crippen LogP contribution is 2.24. The fraction of sp³-hybridized carbons (Fsp3) is 0.529. The Morgan fingerprint density at radius 2 is 1.90 bits per heavy atom.